The smallest absolute Gasteiger partial charge is 0.408 e. The van der Waals surface area contributed by atoms with Crippen molar-refractivity contribution in [1.82, 2.24) is 26.1 Å². The molecule has 1 aliphatic heterocycles. The zero-order valence-electron chi connectivity index (χ0n) is 30.9. The van der Waals surface area contributed by atoms with E-state index in [1.165, 1.54) is 5.01 Å². The van der Waals surface area contributed by atoms with Crippen LogP contribution in [0.4, 0.5) is 4.79 Å². The molecule has 0 saturated carbocycles. The number of alkyl carbamates (subject to hydrolysis) is 1. The SMILES string of the molecule is CC(NC(=O)C(NC(=O)OC(C)(C)C)C(C)C)C(=O)N1CCCC(C(=O)OC(C)c2cnc3ccc(C=CCC(=O)OC(C)(C)C)cc3c2)N1. The van der Waals surface area contributed by atoms with E-state index in [-0.39, 0.29) is 18.3 Å². The standard InChI is InChI=1S/C37H53N5O8/c1-22(2)31(40-35(47)50-37(8,9)10)32(44)39-23(3)33(45)42-18-12-14-29(41-42)34(46)48-24(4)27-20-26-19-25(16-17-28(26)38-21-27)13-11-15-30(43)49-36(5,6)7/h11,13,16-17,19-24,29,31,41H,12,14-15,18H2,1-10H3,(H,39,44)(H,40,47). The summed E-state index contributed by atoms with van der Waals surface area (Å²) in [6, 6.07) is 5.00. The zero-order chi connectivity index (χ0) is 37.4. The molecule has 3 amide bonds. The quantitative estimate of drug-likeness (QED) is 0.212. The zero-order valence-corrected chi connectivity index (χ0v) is 30.9. The number of benzene rings is 1. The van der Waals surface area contributed by atoms with Crippen molar-refractivity contribution in [2.45, 2.75) is 124 Å². The molecule has 13 nitrogen and oxygen atoms in total. The molecule has 4 unspecified atom stereocenters. The topological polar surface area (TPSA) is 165 Å². The van der Waals surface area contributed by atoms with Crippen molar-refractivity contribution in [2.75, 3.05) is 6.54 Å². The number of hydrogen-bond donors (Lipinski definition) is 3. The summed E-state index contributed by atoms with van der Waals surface area (Å²) in [5.41, 5.74) is 4.03. The van der Waals surface area contributed by atoms with E-state index in [1.807, 2.05) is 51.1 Å². The Morgan fingerprint density at radius 1 is 0.980 bits per heavy atom. The first-order valence-corrected chi connectivity index (χ1v) is 17.1. The van der Waals surface area contributed by atoms with Crippen LogP contribution in [0.25, 0.3) is 17.0 Å². The lowest BCUT2D eigenvalue weighted by atomic mass is 10.0. The Bertz CT molecular complexity index is 1580. The van der Waals surface area contributed by atoms with Crippen LogP contribution in [-0.4, -0.2) is 75.7 Å². The molecule has 0 bridgehead atoms. The van der Waals surface area contributed by atoms with Gasteiger partial charge < -0.3 is 24.8 Å². The second-order valence-corrected chi connectivity index (χ2v) is 14.9. The average Bonchev–Trinajstić information content (AvgIpc) is 3.01. The molecule has 3 rings (SSSR count). The van der Waals surface area contributed by atoms with E-state index in [0.717, 1.165) is 16.5 Å². The normalized spacial score (nSPS) is 17.2. The van der Waals surface area contributed by atoms with E-state index < -0.39 is 59.3 Å². The number of aromatic nitrogens is 1. The highest BCUT2D eigenvalue weighted by atomic mass is 16.6. The lowest BCUT2D eigenvalue weighted by Gasteiger charge is -2.35. The number of hydrogen-bond acceptors (Lipinski definition) is 10. The fraction of sp³-hybridized carbons (Fsp3) is 0.568. The Labute approximate surface area is 294 Å². The Morgan fingerprint density at radius 2 is 1.66 bits per heavy atom. The Hall–Kier alpha value is -4.52. The minimum absolute atomic E-state index is 0.151. The van der Waals surface area contributed by atoms with Gasteiger partial charge in [0.15, 0.2) is 0 Å². The molecule has 2 heterocycles. The van der Waals surface area contributed by atoms with Gasteiger partial charge in [0.25, 0.3) is 5.91 Å². The maximum Gasteiger partial charge on any atom is 0.408 e. The van der Waals surface area contributed by atoms with E-state index in [4.69, 9.17) is 14.2 Å². The van der Waals surface area contributed by atoms with Crippen molar-refractivity contribution in [3.63, 3.8) is 0 Å². The molecule has 1 aliphatic rings. The first-order valence-electron chi connectivity index (χ1n) is 17.1. The summed E-state index contributed by atoms with van der Waals surface area (Å²) in [6.07, 6.45) is 5.06. The van der Waals surface area contributed by atoms with Gasteiger partial charge in [-0.3, -0.25) is 29.2 Å². The minimum Gasteiger partial charge on any atom is -0.460 e. The summed E-state index contributed by atoms with van der Waals surface area (Å²) in [4.78, 5) is 68.4. The molecule has 0 radical (unpaired) electrons. The fourth-order valence-electron chi connectivity index (χ4n) is 5.18. The van der Waals surface area contributed by atoms with E-state index >= 15 is 0 Å². The minimum atomic E-state index is -0.939. The molecule has 2 aromatic rings. The fourth-order valence-corrected chi connectivity index (χ4v) is 5.18. The molecule has 1 fully saturated rings. The lowest BCUT2D eigenvalue weighted by Crippen LogP contribution is -2.61. The number of esters is 2. The Kier molecular flexibility index (Phi) is 13.5. The van der Waals surface area contributed by atoms with Gasteiger partial charge in [-0.05, 0) is 97.9 Å². The number of fused-ring (bicyclic) bond motifs is 1. The van der Waals surface area contributed by atoms with Crippen LogP contribution in [0.15, 0.2) is 36.5 Å². The van der Waals surface area contributed by atoms with E-state index in [2.05, 4.69) is 21.0 Å². The van der Waals surface area contributed by atoms with Crippen LogP contribution in [0.3, 0.4) is 0 Å². The van der Waals surface area contributed by atoms with Crippen LogP contribution in [0.2, 0.25) is 0 Å². The van der Waals surface area contributed by atoms with Crippen LogP contribution in [0.5, 0.6) is 0 Å². The third-order valence-corrected chi connectivity index (χ3v) is 7.59. The van der Waals surface area contributed by atoms with Crippen LogP contribution >= 0.6 is 0 Å². The number of nitrogens with one attached hydrogen (secondary N) is 3. The third kappa shape index (κ3) is 12.4. The molecule has 0 aliphatic carbocycles. The summed E-state index contributed by atoms with van der Waals surface area (Å²) in [5.74, 6) is -2.06. The van der Waals surface area contributed by atoms with Gasteiger partial charge in [-0.1, -0.05) is 32.1 Å². The number of pyridine rings is 1. The van der Waals surface area contributed by atoms with Gasteiger partial charge in [0, 0.05) is 23.7 Å². The van der Waals surface area contributed by atoms with Crippen LogP contribution in [0.1, 0.15) is 106 Å². The van der Waals surface area contributed by atoms with Crippen LogP contribution < -0.4 is 16.1 Å². The van der Waals surface area contributed by atoms with Crippen LogP contribution in [0, 0.1) is 5.92 Å². The van der Waals surface area contributed by atoms with Crippen molar-refractivity contribution in [1.29, 1.82) is 0 Å². The van der Waals surface area contributed by atoms with Gasteiger partial charge >= 0.3 is 18.0 Å². The van der Waals surface area contributed by atoms with E-state index in [0.29, 0.717) is 24.9 Å². The maximum absolute atomic E-state index is 13.3. The summed E-state index contributed by atoms with van der Waals surface area (Å²) < 4.78 is 16.4. The molecule has 13 heteroatoms. The molecule has 4 atom stereocenters. The van der Waals surface area contributed by atoms with Crippen molar-refractivity contribution < 1.29 is 38.2 Å². The largest absolute Gasteiger partial charge is 0.460 e. The lowest BCUT2D eigenvalue weighted by molar-refractivity contribution is -0.157. The van der Waals surface area contributed by atoms with Crippen molar-refractivity contribution in [3.05, 3.63) is 47.7 Å². The molecule has 1 saturated heterocycles. The van der Waals surface area contributed by atoms with Gasteiger partial charge in [0.05, 0.1) is 11.9 Å². The highest BCUT2D eigenvalue weighted by Gasteiger charge is 2.34. The Balaban J connectivity index is 1.59. The molecule has 1 aromatic carbocycles. The second-order valence-electron chi connectivity index (χ2n) is 14.9. The number of nitrogens with zero attached hydrogens (tertiary/aromatic N) is 2. The first kappa shape index (κ1) is 39.9. The van der Waals surface area contributed by atoms with Gasteiger partial charge in [0.1, 0.15) is 35.4 Å². The number of ether oxygens (including phenoxy) is 3. The highest BCUT2D eigenvalue weighted by Crippen LogP contribution is 2.24. The molecular formula is C37H53N5O8. The molecule has 0 spiro atoms. The van der Waals surface area contributed by atoms with Crippen LogP contribution in [-0.2, 0) is 33.4 Å². The van der Waals surface area contributed by atoms with Gasteiger partial charge in [-0.2, -0.15) is 0 Å². The first-order chi connectivity index (χ1) is 23.2. The summed E-state index contributed by atoms with van der Waals surface area (Å²) in [5, 5.41) is 7.43. The van der Waals surface area contributed by atoms with Crippen molar-refractivity contribution in [2.24, 2.45) is 5.92 Å². The van der Waals surface area contributed by atoms with Gasteiger partial charge in [-0.25, -0.2) is 10.2 Å². The molecule has 1 aromatic heterocycles. The number of amides is 3. The summed E-state index contributed by atoms with van der Waals surface area (Å²) in [7, 11) is 0. The molecular weight excluding hydrogens is 642 g/mol. The molecule has 50 heavy (non-hydrogen) atoms. The second kappa shape index (κ2) is 16.9. The third-order valence-electron chi connectivity index (χ3n) is 7.59. The van der Waals surface area contributed by atoms with E-state index in [9.17, 15) is 24.0 Å². The number of hydrazine groups is 1. The number of rotatable bonds is 11. The monoisotopic (exact) mass is 695 g/mol. The van der Waals surface area contributed by atoms with Gasteiger partial charge in [0.2, 0.25) is 5.91 Å². The highest BCUT2D eigenvalue weighted by molar-refractivity contribution is 5.91. The molecule has 3 N–H and O–H groups in total. The number of carbonyl (C=O) groups is 5. The predicted molar refractivity (Wildman–Crippen MR) is 189 cm³/mol. The van der Waals surface area contributed by atoms with Crippen molar-refractivity contribution in [3.8, 4) is 0 Å². The summed E-state index contributed by atoms with van der Waals surface area (Å²) >= 11 is 0. The Morgan fingerprint density at radius 3 is 2.30 bits per heavy atom. The molecule has 274 valence electrons. The number of carbonyl (C=O) groups excluding carboxylic acids is 5. The summed E-state index contributed by atoms with van der Waals surface area (Å²) in [6.45, 7) is 17.8. The maximum atomic E-state index is 13.3. The predicted octanol–water partition coefficient (Wildman–Crippen LogP) is 5.13. The average molecular weight is 696 g/mol. The van der Waals surface area contributed by atoms with E-state index in [1.54, 1.807) is 60.7 Å². The van der Waals surface area contributed by atoms with Crippen molar-refractivity contribution >= 4 is 46.8 Å². The van der Waals surface area contributed by atoms with Gasteiger partial charge in [-0.15, -0.1) is 0 Å².